The van der Waals surface area contributed by atoms with Gasteiger partial charge in [-0.2, -0.15) is 0 Å². The summed E-state index contributed by atoms with van der Waals surface area (Å²) in [4.78, 5) is 26.0. The van der Waals surface area contributed by atoms with Crippen molar-refractivity contribution < 1.29 is 22.7 Å². The first-order chi connectivity index (χ1) is 14.6. The fourth-order valence-electron chi connectivity index (χ4n) is 2.98. The number of Topliss-reactive ketones (excluding diaryl/α,β-unsaturated/α-hetero) is 1. The van der Waals surface area contributed by atoms with Crippen molar-refractivity contribution in [3.63, 3.8) is 0 Å². The molecule has 1 N–H and O–H groups in total. The van der Waals surface area contributed by atoms with Gasteiger partial charge in [-0.3, -0.25) is 9.52 Å². The van der Waals surface area contributed by atoms with Gasteiger partial charge >= 0.3 is 5.97 Å². The summed E-state index contributed by atoms with van der Waals surface area (Å²) in [5, 5.41) is 0. The first-order valence-electron chi connectivity index (χ1n) is 9.59. The Kier molecular flexibility index (Phi) is 6.56. The molecular formula is C24H23NO5S. The van der Waals surface area contributed by atoms with Crippen LogP contribution >= 0.6 is 0 Å². The van der Waals surface area contributed by atoms with E-state index in [4.69, 9.17) is 4.74 Å². The van der Waals surface area contributed by atoms with E-state index in [1.807, 2.05) is 38.1 Å². The third-order valence-corrected chi connectivity index (χ3v) is 5.19. The highest BCUT2D eigenvalue weighted by Crippen LogP contribution is 2.25. The van der Waals surface area contributed by atoms with E-state index in [1.54, 1.807) is 24.3 Å². The average Bonchev–Trinajstić information content (AvgIpc) is 2.71. The molecule has 160 valence electrons. The number of anilines is 1. The van der Waals surface area contributed by atoms with Gasteiger partial charge in [0.15, 0.2) is 6.10 Å². The van der Waals surface area contributed by atoms with E-state index in [0.717, 1.165) is 17.4 Å². The Balaban J connectivity index is 1.92. The molecule has 3 rings (SSSR count). The van der Waals surface area contributed by atoms with Crippen LogP contribution in [-0.2, 0) is 14.8 Å². The van der Waals surface area contributed by atoms with Gasteiger partial charge in [0.2, 0.25) is 15.8 Å². The van der Waals surface area contributed by atoms with Crippen LogP contribution in [0.5, 0.6) is 0 Å². The zero-order valence-corrected chi connectivity index (χ0v) is 18.3. The maximum atomic E-state index is 13.2. The van der Waals surface area contributed by atoms with Crippen LogP contribution in [0.2, 0.25) is 0 Å². The van der Waals surface area contributed by atoms with Crippen molar-refractivity contribution in [1.29, 1.82) is 0 Å². The molecule has 0 aliphatic rings. The quantitative estimate of drug-likeness (QED) is 0.436. The summed E-state index contributed by atoms with van der Waals surface area (Å²) in [6.45, 7) is 3.84. The summed E-state index contributed by atoms with van der Waals surface area (Å²) in [6.07, 6.45) is -0.117. The van der Waals surface area contributed by atoms with E-state index in [1.165, 1.54) is 24.3 Å². The van der Waals surface area contributed by atoms with Gasteiger partial charge in [-0.15, -0.1) is 0 Å². The lowest BCUT2D eigenvalue weighted by Crippen LogP contribution is -2.20. The van der Waals surface area contributed by atoms with Crippen LogP contribution in [0, 0.1) is 13.8 Å². The summed E-state index contributed by atoms with van der Waals surface area (Å²) >= 11 is 0. The summed E-state index contributed by atoms with van der Waals surface area (Å²) in [5.41, 5.74) is 3.36. The van der Waals surface area contributed by atoms with Gasteiger partial charge in [0.05, 0.1) is 11.8 Å². The number of hydrogen-bond acceptors (Lipinski definition) is 5. The lowest BCUT2D eigenvalue weighted by atomic mass is 9.98. The molecule has 0 bridgehead atoms. The molecule has 0 radical (unpaired) electrons. The average molecular weight is 438 g/mol. The van der Waals surface area contributed by atoms with Gasteiger partial charge < -0.3 is 4.74 Å². The van der Waals surface area contributed by atoms with Crippen LogP contribution in [-0.4, -0.2) is 26.4 Å². The van der Waals surface area contributed by atoms with Crippen LogP contribution in [0.25, 0.3) is 0 Å². The molecule has 0 heterocycles. The van der Waals surface area contributed by atoms with Crippen LogP contribution in [0.3, 0.4) is 0 Å². The fraction of sp³-hybridized carbons (Fsp3) is 0.167. The molecule has 0 saturated heterocycles. The molecule has 0 aromatic heterocycles. The first-order valence-corrected chi connectivity index (χ1v) is 11.5. The highest BCUT2D eigenvalue weighted by molar-refractivity contribution is 7.92. The maximum absolute atomic E-state index is 13.2. The van der Waals surface area contributed by atoms with Crippen molar-refractivity contribution in [2.45, 2.75) is 20.0 Å². The Morgan fingerprint density at radius 2 is 1.42 bits per heavy atom. The molecule has 6 nitrogen and oxygen atoms in total. The van der Waals surface area contributed by atoms with Crippen LogP contribution in [0.4, 0.5) is 5.69 Å². The number of aryl methyl sites for hydroxylation is 2. The first kappa shape index (κ1) is 22.2. The number of esters is 1. The van der Waals surface area contributed by atoms with Gasteiger partial charge in [0.1, 0.15) is 0 Å². The lowest BCUT2D eigenvalue weighted by Gasteiger charge is -2.18. The van der Waals surface area contributed by atoms with E-state index in [0.29, 0.717) is 11.1 Å². The molecule has 3 aromatic carbocycles. The minimum absolute atomic E-state index is 0.127. The molecule has 1 atom stereocenters. The Labute approximate surface area is 181 Å². The Morgan fingerprint density at radius 3 is 2.00 bits per heavy atom. The normalized spacial score (nSPS) is 12.1. The Hall–Kier alpha value is -3.45. The zero-order chi connectivity index (χ0) is 22.6. The Morgan fingerprint density at radius 1 is 0.839 bits per heavy atom. The number of nitrogens with one attached hydrogen (secondary N) is 1. The zero-order valence-electron chi connectivity index (χ0n) is 17.5. The molecule has 31 heavy (non-hydrogen) atoms. The molecule has 0 fully saturated rings. The molecule has 3 aromatic rings. The highest BCUT2D eigenvalue weighted by atomic mass is 32.2. The second kappa shape index (κ2) is 9.14. The molecular weight excluding hydrogens is 414 g/mol. The SMILES string of the molecule is Cc1ccc(C(=O)[C@@H](OC(=O)c2cccc(NS(C)(=O)=O)c2)c2ccc(C)cc2)cc1. The fourth-order valence-corrected chi connectivity index (χ4v) is 3.54. The minimum Gasteiger partial charge on any atom is -0.445 e. The van der Waals surface area contributed by atoms with E-state index in [-0.39, 0.29) is 17.0 Å². The van der Waals surface area contributed by atoms with Gasteiger partial charge in [0, 0.05) is 16.8 Å². The van der Waals surface area contributed by atoms with Crippen LogP contribution < -0.4 is 4.72 Å². The summed E-state index contributed by atoms with van der Waals surface area (Å²) in [5.74, 6) is -1.08. The number of sulfonamides is 1. The topological polar surface area (TPSA) is 89.5 Å². The molecule has 0 amide bonds. The monoisotopic (exact) mass is 437 g/mol. The summed E-state index contributed by atoms with van der Waals surface area (Å²) < 4.78 is 30.9. The highest BCUT2D eigenvalue weighted by Gasteiger charge is 2.27. The van der Waals surface area contributed by atoms with Crippen LogP contribution in [0.1, 0.15) is 43.5 Å². The number of benzene rings is 3. The molecule has 0 saturated carbocycles. The lowest BCUT2D eigenvalue weighted by molar-refractivity contribution is 0.0280. The van der Waals surface area contributed by atoms with Crippen molar-refractivity contribution in [2.75, 3.05) is 11.0 Å². The Bertz CT molecular complexity index is 1200. The second-order valence-corrected chi connectivity index (χ2v) is 9.13. The summed E-state index contributed by atoms with van der Waals surface area (Å²) in [6, 6.07) is 20.1. The molecule has 0 spiro atoms. The number of ketones is 1. The number of carbonyl (C=O) groups excluding carboxylic acids is 2. The minimum atomic E-state index is -3.50. The van der Waals surface area contributed by atoms with E-state index >= 15 is 0 Å². The van der Waals surface area contributed by atoms with E-state index < -0.39 is 22.1 Å². The van der Waals surface area contributed by atoms with Crippen molar-refractivity contribution in [3.05, 3.63) is 101 Å². The van der Waals surface area contributed by atoms with Crippen LogP contribution in [0.15, 0.2) is 72.8 Å². The number of ether oxygens (including phenoxy) is 1. The molecule has 0 unspecified atom stereocenters. The third kappa shape index (κ3) is 6.02. The number of rotatable bonds is 7. The molecule has 7 heteroatoms. The van der Waals surface area contributed by atoms with E-state index in [9.17, 15) is 18.0 Å². The van der Waals surface area contributed by atoms with Crippen molar-refractivity contribution in [3.8, 4) is 0 Å². The third-order valence-electron chi connectivity index (χ3n) is 4.58. The predicted molar refractivity (Wildman–Crippen MR) is 120 cm³/mol. The summed E-state index contributed by atoms with van der Waals surface area (Å²) in [7, 11) is -3.50. The smallest absolute Gasteiger partial charge is 0.339 e. The number of hydrogen-bond donors (Lipinski definition) is 1. The molecule has 0 aliphatic heterocycles. The predicted octanol–water partition coefficient (Wildman–Crippen LogP) is 4.46. The van der Waals surface area contributed by atoms with Gasteiger partial charge in [-0.1, -0.05) is 65.7 Å². The number of carbonyl (C=O) groups is 2. The molecule has 0 aliphatic carbocycles. The van der Waals surface area contributed by atoms with Gasteiger partial charge in [-0.05, 0) is 32.0 Å². The standard InChI is InChI=1S/C24H23NO5S/c1-16-7-11-18(12-8-16)22(26)23(19-13-9-17(2)10-14-19)30-24(27)20-5-4-6-21(15-20)25-31(3,28)29/h4-15,23,25H,1-3H3/t23-/m0/s1. The maximum Gasteiger partial charge on any atom is 0.339 e. The van der Waals surface area contributed by atoms with Crippen molar-refractivity contribution in [2.24, 2.45) is 0 Å². The largest absolute Gasteiger partial charge is 0.445 e. The van der Waals surface area contributed by atoms with Gasteiger partial charge in [0.25, 0.3) is 0 Å². The van der Waals surface area contributed by atoms with Gasteiger partial charge in [-0.25, -0.2) is 13.2 Å². The van der Waals surface area contributed by atoms with Crippen molar-refractivity contribution in [1.82, 2.24) is 0 Å². The van der Waals surface area contributed by atoms with Crippen molar-refractivity contribution >= 4 is 27.5 Å². The second-order valence-electron chi connectivity index (χ2n) is 7.38. The van der Waals surface area contributed by atoms with E-state index in [2.05, 4.69) is 4.72 Å².